The number of carbonyl (C=O) groups is 3. The Balaban J connectivity index is 2.47. The lowest BCUT2D eigenvalue weighted by Crippen LogP contribution is -2.35. The number of aromatic nitrogens is 1. The van der Waals surface area contributed by atoms with Gasteiger partial charge in [-0.3, -0.25) is 19.5 Å². The summed E-state index contributed by atoms with van der Waals surface area (Å²) >= 11 is 0. The Morgan fingerprint density at radius 2 is 1.74 bits per heavy atom. The van der Waals surface area contributed by atoms with Gasteiger partial charge in [-0.2, -0.15) is 5.26 Å². The van der Waals surface area contributed by atoms with Gasteiger partial charge in [0.25, 0.3) is 0 Å². The molecule has 1 aromatic rings. The molecule has 4 atom stereocenters. The molecule has 1 N–H and O–H groups in total. The standard InChI is InChI=1S/C18H23N3O6/c1-18(2,3)27-17(24)21-8-6-7-11(21)14-13(16(23)26-5)12(15(22)25-4)10(9-19)20-14/h6-8,10,12-14,20H,1-5H3/t10-,12-,13+,14+/m1/s1. The highest BCUT2D eigenvalue weighted by Crippen LogP contribution is 2.39. The van der Waals surface area contributed by atoms with Gasteiger partial charge in [-0.15, -0.1) is 0 Å². The van der Waals surface area contributed by atoms with Crippen LogP contribution in [0.4, 0.5) is 4.79 Å². The summed E-state index contributed by atoms with van der Waals surface area (Å²) in [5.74, 6) is -3.50. The zero-order chi connectivity index (χ0) is 20.4. The van der Waals surface area contributed by atoms with Crippen molar-refractivity contribution >= 4 is 18.0 Å². The molecular weight excluding hydrogens is 354 g/mol. The summed E-state index contributed by atoms with van der Waals surface area (Å²) < 4.78 is 16.2. The van der Waals surface area contributed by atoms with Crippen molar-refractivity contribution in [3.63, 3.8) is 0 Å². The van der Waals surface area contributed by atoms with E-state index in [1.807, 2.05) is 6.07 Å². The first-order valence-electron chi connectivity index (χ1n) is 8.36. The van der Waals surface area contributed by atoms with E-state index in [0.717, 1.165) is 0 Å². The van der Waals surface area contributed by atoms with Gasteiger partial charge >= 0.3 is 18.0 Å². The molecule has 0 aliphatic carbocycles. The van der Waals surface area contributed by atoms with E-state index in [1.54, 1.807) is 32.9 Å². The highest BCUT2D eigenvalue weighted by molar-refractivity contribution is 5.85. The molecule has 0 saturated carbocycles. The van der Waals surface area contributed by atoms with Crippen LogP contribution in [0.1, 0.15) is 32.5 Å². The van der Waals surface area contributed by atoms with Gasteiger partial charge in [0.2, 0.25) is 0 Å². The molecular formula is C18H23N3O6. The summed E-state index contributed by atoms with van der Waals surface area (Å²) in [6.07, 6.45) is 0.856. The van der Waals surface area contributed by atoms with Gasteiger partial charge in [0, 0.05) is 11.9 Å². The first-order valence-corrected chi connectivity index (χ1v) is 8.36. The first-order chi connectivity index (χ1) is 12.6. The summed E-state index contributed by atoms with van der Waals surface area (Å²) in [6.45, 7) is 5.20. The van der Waals surface area contributed by atoms with E-state index in [-0.39, 0.29) is 0 Å². The van der Waals surface area contributed by atoms with E-state index in [1.165, 1.54) is 25.0 Å². The second kappa shape index (κ2) is 7.80. The van der Waals surface area contributed by atoms with Gasteiger partial charge in [0.05, 0.1) is 32.2 Å². The van der Waals surface area contributed by atoms with Crippen LogP contribution < -0.4 is 5.32 Å². The predicted octanol–water partition coefficient (Wildman–Crippen LogP) is 1.39. The van der Waals surface area contributed by atoms with Gasteiger partial charge in [-0.1, -0.05) is 0 Å². The maximum absolute atomic E-state index is 12.5. The van der Waals surface area contributed by atoms with Gasteiger partial charge < -0.3 is 14.2 Å². The molecule has 1 aromatic heterocycles. The number of nitrogens with zero attached hydrogens (tertiary/aromatic N) is 2. The monoisotopic (exact) mass is 377 g/mol. The van der Waals surface area contributed by atoms with Crippen molar-refractivity contribution in [1.29, 1.82) is 5.26 Å². The quantitative estimate of drug-likeness (QED) is 0.620. The molecule has 9 nitrogen and oxygen atoms in total. The zero-order valence-corrected chi connectivity index (χ0v) is 15.9. The van der Waals surface area contributed by atoms with Crippen LogP contribution in [0.5, 0.6) is 0 Å². The minimum Gasteiger partial charge on any atom is -0.469 e. The van der Waals surface area contributed by atoms with Crippen molar-refractivity contribution in [2.45, 2.75) is 38.5 Å². The Hall–Kier alpha value is -2.86. The van der Waals surface area contributed by atoms with Crippen LogP contribution in [-0.4, -0.2) is 48.5 Å². The summed E-state index contributed by atoms with van der Waals surface area (Å²) in [5.41, 5.74) is -0.334. The van der Waals surface area contributed by atoms with E-state index in [2.05, 4.69) is 5.32 Å². The summed E-state index contributed by atoms with van der Waals surface area (Å²) in [4.78, 5) is 37.1. The molecule has 9 heteroatoms. The number of methoxy groups -OCH3 is 2. The fraction of sp³-hybridized carbons (Fsp3) is 0.556. The molecule has 0 spiro atoms. The maximum Gasteiger partial charge on any atom is 0.418 e. The molecule has 2 rings (SSSR count). The lowest BCUT2D eigenvalue weighted by atomic mass is 9.86. The lowest BCUT2D eigenvalue weighted by Gasteiger charge is -2.24. The molecule has 146 valence electrons. The number of hydrogen-bond acceptors (Lipinski definition) is 8. The Labute approximate surface area is 157 Å². The molecule has 0 aromatic carbocycles. The normalized spacial score (nSPS) is 24.7. The van der Waals surface area contributed by atoms with Crippen molar-refractivity contribution in [3.8, 4) is 6.07 Å². The molecule has 0 amide bonds. The van der Waals surface area contributed by atoms with E-state index < -0.39 is 47.6 Å². The third-order valence-corrected chi connectivity index (χ3v) is 4.24. The van der Waals surface area contributed by atoms with E-state index in [9.17, 15) is 19.6 Å². The second-order valence-electron chi connectivity index (χ2n) is 7.13. The number of esters is 2. The number of carbonyl (C=O) groups excluding carboxylic acids is 3. The van der Waals surface area contributed by atoms with Crippen molar-refractivity contribution in [2.24, 2.45) is 11.8 Å². The third-order valence-electron chi connectivity index (χ3n) is 4.24. The fourth-order valence-corrected chi connectivity index (χ4v) is 3.16. The minimum atomic E-state index is -1.07. The van der Waals surface area contributed by atoms with Crippen LogP contribution >= 0.6 is 0 Å². The van der Waals surface area contributed by atoms with E-state index in [4.69, 9.17) is 14.2 Å². The molecule has 0 bridgehead atoms. The Bertz CT molecular complexity index is 773. The summed E-state index contributed by atoms with van der Waals surface area (Å²) in [7, 11) is 2.38. The van der Waals surface area contributed by atoms with Crippen LogP contribution in [-0.2, 0) is 23.8 Å². The van der Waals surface area contributed by atoms with Gasteiger partial charge in [0.15, 0.2) is 0 Å². The number of ether oxygens (including phenoxy) is 3. The molecule has 1 aliphatic rings. The molecule has 1 fully saturated rings. The smallest absolute Gasteiger partial charge is 0.418 e. The van der Waals surface area contributed by atoms with Crippen molar-refractivity contribution in [2.75, 3.05) is 14.2 Å². The number of nitriles is 1. The maximum atomic E-state index is 12.5. The molecule has 2 heterocycles. The third kappa shape index (κ3) is 4.11. The first kappa shape index (κ1) is 20.5. The highest BCUT2D eigenvalue weighted by atomic mass is 16.6. The van der Waals surface area contributed by atoms with Crippen molar-refractivity contribution in [3.05, 3.63) is 24.0 Å². The number of nitrogens with one attached hydrogen (secondary N) is 1. The lowest BCUT2D eigenvalue weighted by molar-refractivity contribution is -0.156. The topological polar surface area (TPSA) is 120 Å². The molecule has 27 heavy (non-hydrogen) atoms. The van der Waals surface area contributed by atoms with Crippen LogP contribution in [0, 0.1) is 23.2 Å². The Morgan fingerprint density at radius 3 is 2.26 bits per heavy atom. The van der Waals surface area contributed by atoms with Crippen molar-refractivity contribution < 1.29 is 28.6 Å². The average Bonchev–Trinajstić information content (AvgIpc) is 3.22. The van der Waals surface area contributed by atoms with Crippen molar-refractivity contribution in [1.82, 2.24) is 9.88 Å². The Kier molecular flexibility index (Phi) is 5.91. The van der Waals surface area contributed by atoms with Crippen LogP contribution in [0.3, 0.4) is 0 Å². The van der Waals surface area contributed by atoms with Crippen LogP contribution in [0.15, 0.2) is 18.3 Å². The largest absolute Gasteiger partial charge is 0.469 e. The number of rotatable bonds is 3. The minimum absolute atomic E-state index is 0.381. The van der Waals surface area contributed by atoms with Gasteiger partial charge in [-0.25, -0.2) is 4.79 Å². The molecule has 1 aliphatic heterocycles. The average molecular weight is 377 g/mol. The second-order valence-corrected chi connectivity index (χ2v) is 7.13. The summed E-state index contributed by atoms with van der Waals surface area (Å²) in [6, 6.07) is 3.41. The van der Waals surface area contributed by atoms with Gasteiger partial charge in [0.1, 0.15) is 17.6 Å². The highest BCUT2D eigenvalue weighted by Gasteiger charge is 2.53. The molecule has 0 unspecified atom stereocenters. The zero-order valence-electron chi connectivity index (χ0n) is 15.9. The Morgan fingerprint density at radius 1 is 1.15 bits per heavy atom. The summed E-state index contributed by atoms with van der Waals surface area (Å²) in [5, 5.41) is 12.4. The van der Waals surface area contributed by atoms with Crippen LogP contribution in [0.2, 0.25) is 0 Å². The fourth-order valence-electron chi connectivity index (χ4n) is 3.16. The SMILES string of the molecule is COC(=O)[C@H]1[C@H](C(=O)OC)[C@H](c2cccn2C(=O)OC(C)(C)C)N[C@@H]1C#N. The van der Waals surface area contributed by atoms with E-state index >= 15 is 0 Å². The molecule has 1 saturated heterocycles. The molecule has 0 radical (unpaired) electrons. The van der Waals surface area contributed by atoms with E-state index in [0.29, 0.717) is 5.69 Å². The van der Waals surface area contributed by atoms with Gasteiger partial charge in [-0.05, 0) is 32.9 Å². The van der Waals surface area contributed by atoms with Crippen LogP contribution in [0.25, 0.3) is 0 Å². The number of hydrogen-bond donors (Lipinski definition) is 1. The predicted molar refractivity (Wildman–Crippen MR) is 92.4 cm³/mol.